The summed E-state index contributed by atoms with van der Waals surface area (Å²) in [6, 6.07) is 10.0. The summed E-state index contributed by atoms with van der Waals surface area (Å²) in [6.45, 7) is 2.26. The molecule has 2 N–H and O–H groups in total. The van der Waals surface area contributed by atoms with Crippen molar-refractivity contribution in [3.05, 3.63) is 54.4 Å². The lowest BCUT2D eigenvalue weighted by Crippen LogP contribution is -2.46. The maximum atomic E-state index is 12.6. The lowest BCUT2D eigenvalue weighted by atomic mass is 10.1. The van der Waals surface area contributed by atoms with Gasteiger partial charge in [-0.1, -0.05) is 0 Å². The topological polar surface area (TPSA) is 101 Å². The zero-order chi connectivity index (χ0) is 20.8. The van der Waals surface area contributed by atoms with E-state index in [-0.39, 0.29) is 30.7 Å². The number of benzene rings is 1. The minimum Gasteiger partial charge on any atom is -0.497 e. The lowest BCUT2D eigenvalue weighted by Gasteiger charge is -2.18. The molecule has 8 nitrogen and oxygen atoms in total. The van der Waals surface area contributed by atoms with E-state index in [1.165, 1.54) is 0 Å². The highest BCUT2D eigenvalue weighted by atomic mass is 16.5. The van der Waals surface area contributed by atoms with E-state index in [1.807, 2.05) is 0 Å². The molecule has 1 fully saturated rings. The van der Waals surface area contributed by atoms with E-state index < -0.39 is 12.0 Å². The average Bonchev–Trinajstić information content (AvgIpc) is 3.14. The molecule has 3 rings (SSSR count). The van der Waals surface area contributed by atoms with Crippen molar-refractivity contribution in [2.45, 2.75) is 25.9 Å². The first-order chi connectivity index (χ1) is 14.0. The van der Waals surface area contributed by atoms with E-state index in [1.54, 1.807) is 67.7 Å². The van der Waals surface area contributed by atoms with Crippen molar-refractivity contribution >= 4 is 23.4 Å². The van der Waals surface area contributed by atoms with Gasteiger partial charge in [-0.05, 0) is 48.9 Å². The van der Waals surface area contributed by atoms with Gasteiger partial charge in [0, 0.05) is 37.6 Å². The number of anilines is 1. The summed E-state index contributed by atoms with van der Waals surface area (Å²) in [5.41, 5.74) is 1.64. The Labute approximate surface area is 169 Å². The highest BCUT2D eigenvalue weighted by Gasteiger charge is 2.36. The van der Waals surface area contributed by atoms with E-state index >= 15 is 0 Å². The Bertz CT molecular complexity index is 870. The molecule has 1 aromatic carbocycles. The number of methoxy groups -OCH3 is 1. The van der Waals surface area contributed by atoms with Crippen LogP contribution in [0.5, 0.6) is 5.75 Å². The number of carbonyl (C=O) groups is 3. The molecule has 152 valence electrons. The second-order valence-corrected chi connectivity index (χ2v) is 6.91. The van der Waals surface area contributed by atoms with Gasteiger partial charge in [-0.3, -0.25) is 19.4 Å². The van der Waals surface area contributed by atoms with Crippen LogP contribution < -0.4 is 20.3 Å². The number of pyridine rings is 1. The second-order valence-electron chi connectivity index (χ2n) is 6.91. The van der Waals surface area contributed by atoms with Crippen LogP contribution in [0.15, 0.2) is 48.8 Å². The number of ether oxygens (including phenoxy) is 1. The Balaban J connectivity index is 1.52. The maximum absolute atomic E-state index is 12.6. The molecule has 3 amide bonds. The highest BCUT2D eigenvalue weighted by molar-refractivity contribution is 6.01. The number of aromatic nitrogens is 1. The number of carbonyl (C=O) groups excluding carboxylic acids is 3. The summed E-state index contributed by atoms with van der Waals surface area (Å²) in [5.74, 6) is -0.515. The van der Waals surface area contributed by atoms with Gasteiger partial charge >= 0.3 is 0 Å². The summed E-state index contributed by atoms with van der Waals surface area (Å²) in [6.07, 6.45) is 3.42. The third-order valence-electron chi connectivity index (χ3n) is 4.85. The van der Waals surface area contributed by atoms with Crippen molar-refractivity contribution in [3.8, 4) is 5.75 Å². The number of rotatable bonds is 7. The van der Waals surface area contributed by atoms with Crippen LogP contribution in [0, 0.1) is 5.92 Å². The standard InChI is InChI=1S/C21H24N4O4/c1-14(20(27)23-12-15-7-9-22-10-8-15)24-21(28)16-11-19(26)25(13-16)17-3-5-18(29-2)6-4-17/h3-10,14,16H,11-13H2,1-2H3,(H,23,27)(H,24,28)/t14-,16?/m0/s1. The maximum Gasteiger partial charge on any atom is 0.242 e. The molecular formula is C21H24N4O4. The molecular weight excluding hydrogens is 372 g/mol. The summed E-state index contributed by atoms with van der Waals surface area (Å²) in [5, 5.41) is 5.48. The molecule has 0 bridgehead atoms. The van der Waals surface area contributed by atoms with Crippen LogP contribution in [-0.2, 0) is 20.9 Å². The molecule has 0 spiro atoms. The molecule has 1 saturated heterocycles. The predicted molar refractivity (Wildman–Crippen MR) is 107 cm³/mol. The largest absolute Gasteiger partial charge is 0.497 e. The summed E-state index contributed by atoms with van der Waals surface area (Å²) in [7, 11) is 1.57. The Morgan fingerprint density at radius 3 is 2.55 bits per heavy atom. The Morgan fingerprint density at radius 1 is 1.21 bits per heavy atom. The van der Waals surface area contributed by atoms with Crippen molar-refractivity contribution < 1.29 is 19.1 Å². The summed E-state index contributed by atoms with van der Waals surface area (Å²) >= 11 is 0. The smallest absolute Gasteiger partial charge is 0.242 e. The fraction of sp³-hybridized carbons (Fsp3) is 0.333. The number of amides is 3. The van der Waals surface area contributed by atoms with Crippen molar-refractivity contribution in [3.63, 3.8) is 0 Å². The van der Waals surface area contributed by atoms with E-state index in [9.17, 15) is 14.4 Å². The fourth-order valence-electron chi connectivity index (χ4n) is 3.13. The third-order valence-corrected chi connectivity index (χ3v) is 4.85. The average molecular weight is 396 g/mol. The van der Waals surface area contributed by atoms with Gasteiger partial charge in [-0.25, -0.2) is 0 Å². The van der Waals surface area contributed by atoms with Gasteiger partial charge in [0.15, 0.2) is 0 Å². The Morgan fingerprint density at radius 2 is 1.90 bits per heavy atom. The molecule has 1 unspecified atom stereocenters. The molecule has 29 heavy (non-hydrogen) atoms. The first-order valence-electron chi connectivity index (χ1n) is 9.39. The van der Waals surface area contributed by atoms with Crippen molar-refractivity contribution in [2.75, 3.05) is 18.6 Å². The van der Waals surface area contributed by atoms with Crippen LogP contribution in [0.1, 0.15) is 18.9 Å². The van der Waals surface area contributed by atoms with Crippen LogP contribution in [0.2, 0.25) is 0 Å². The quantitative estimate of drug-likeness (QED) is 0.734. The summed E-state index contributed by atoms with van der Waals surface area (Å²) < 4.78 is 5.12. The van der Waals surface area contributed by atoms with Crippen LogP contribution in [0.25, 0.3) is 0 Å². The SMILES string of the molecule is COc1ccc(N2CC(C(=O)N[C@@H](C)C(=O)NCc3ccncc3)CC2=O)cc1. The Hall–Kier alpha value is -3.42. The van der Waals surface area contributed by atoms with Crippen LogP contribution in [0.4, 0.5) is 5.69 Å². The van der Waals surface area contributed by atoms with Crippen LogP contribution >= 0.6 is 0 Å². The summed E-state index contributed by atoms with van der Waals surface area (Å²) in [4.78, 5) is 42.7. The first-order valence-corrected chi connectivity index (χ1v) is 9.39. The molecule has 2 atom stereocenters. The molecule has 1 aliphatic heterocycles. The van der Waals surface area contributed by atoms with Crippen LogP contribution in [0.3, 0.4) is 0 Å². The molecule has 2 heterocycles. The fourth-order valence-corrected chi connectivity index (χ4v) is 3.13. The second kappa shape index (κ2) is 9.18. The monoisotopic (exact) mass is 396 g/mol. The molecule has 8 heteroatoms. The van der Waals surface area contributed by atoms with E-state index in [0.717, 1.165) is 5.56 Å². The van der Waals surface area contributed by atoms with Gasteiger partial charge in [-0.15, -0.1) is 0 Å². The zero-order valence-corrected chi connectivity index (χ0v) is 16.4. The van der Waals surface area contributed by atoms with Gasteiger partial charge in [0.05, 0.1) is 13.0 Å². The van der Waals surface area contributed by atoms with Gasteiger partial charge in [0.2, 0.25) is 17.7 Å². The minimum absolute atomic E-state index is 0.114. The lowest BCUT2D eigenvalue weighted by molar-refractivity contribution is -0.131. The van der Waals surface area contributed by atoms with E-state index in [2.05, 4.69) is 15.6 Å². The molecule has 1 aliphatic rings. The molecule has 0 aliphatic carbocycles. The van der Waals surface area contributed by atoms with E-state index in [4.69, 9.17) is 4.74 Å². The number of nitrogens with zero attached hydrogens (tertiary/aromatic N) is 2. The highest BCUT2D eigenvalue weighted by Crippen LogP contribution is 2.27. The minimum atomic E-state index is -0.700. The van der Waals surface area contributed by atoms with Crippen molar-refractivity contribution in [1.82, 2.24) is 15.6 Å². The zero-order valence-electron chi connectivity index (χ0n) is 16.4. The molecule has 0 radical (unpaired) electrons. The normalized spacial score (nSPS) is 17.0. The first kappa shape index (κ1) is 20.3. The Kier molecular flexibility index (Phi) is 6.43. The number of nitrogens with one attached hydrogen (secondary N) is 2. The third kappa shape index (κ3) is 5.10. The van der Waals surface area contributed by atoms with Gasteiger partial charge < -0.3 is 20.3 Å². The van der Waals surface area contributed by atoms with E-state index in [0.29, 0.717) is 18.0 Å². The molecule has 2 aromatic rings. The number of hydrogen-bond acceptors (Lipinski definition) is 5. The van der Waals surface area contributed by atoms with Gasteiger partial charge in [-0.2, -0.15) is 0 Å². The molecule has 0 saturated carbocycles. The van der Waals surface area contributed by atoms with Crippen molar-refractivity contribution in [1.29, 1.82) is 0 Å². The number of hydrogen-bond donors (Lipinski definition) is 2. The van der Waals surface area contributed by atoms with Gasteiger partial charge in [0.25, 0.3) is 0 Å². The van der Waals surface area contributed by atoms with Crippen molar-refractivity contribution in [2.24, 2.45) is 5.92 Å². The molecule has 1 aromatic heterocycles. The van der Waals surface area contributed by atoms with Gasteiger partial charge in [0.1, 0.15) is 11.8 Å². The predicted octanol–water partition coefficient (Wildman–Crippen LogP) is 1.26. The van der Waals surface area contributed by atoms with Crippen LogP contribution in [-0.4, -0.2) is 42.4 Å².